The van der Waals surface area contributed by atoms with Crippen LogP contribution in [-0.2, 0) is 0 Å². The summed E-state index contributed by atoms with van der Waals surface area (Å²) >= 11 is 0. The van der Waals surface area contributed by atoms with Crippen LogP contribution in [0.1, 0.15) is 23.7 Å². The Morgan fingerprint density at radius 3 is 2.95 bits per heavy atom. The summed E-state index contributed by atoms with van der Waals surface area (Å²) in [7, 11) is 4.05. The average molecular weight is 277 g/mol. The third-order valence-corrected chi connectivity index (χ3v) is 3.62. The van der Waals surface area contributed by atoms with Crippen LogP contribution in [0.5, 0.6) is 5.75 Å². The third kappa shape index (κ3) is 3.55. The van der Waals surface area contributed by atoms with Gasteiger partial charge >= 0.3 is 0 Å². The number of ketones is 1. The minimum atomic E-state index is -0.100. The number of hydrogen-bond acceptors (Lipinski definition) is 5. The molecule has 0 saturated carbocycles. The van der Waals surface area contributed by atoms with Crippen molar-refractivity contribution in [3.05, 3.63) is 24.0 Å². The van der Waals surface area contributed by atoms with E-state index >= 15 is 0 Å². The zero-order chi connectivity index (χ0) is 14.5. The SMILES string of the molecule is CCCOc1cncc(C(=O)C2CN(C)CCN2C)c1. The summed E-state index contributed by atoms with van der Waals surface area (Å²) in [5, 5.41) is 0. The first-order valence-electron chi connectivity index (χ1n) is 7.12. The molecule has 1 aliphatic heterocycles. The Kier molecular flexibility index (Phi) is 5.09. The maximum absolute atomic E-state index is 12.6. The number of piperazine rings is 1. The van der Waals surface area contributed by atoms with Crippen molar-refractivity contribution in [1.82, 2.24) is 14.8 Å². The van der Waals surface area contributed by atoms with Crippen LogP contribution in [0.4, 0.5) is 0 Å². The number of Topliss-reactive ketones (excluding diaryl/α,β-unsaturated/α-hetero) is 1. The minimum absolute atomic E-state index is 0.100. The summed E-state index contributed by atoms with van der Waals surface area (Å²) in [6.45, 7) is 5.36. The van der Waals surface area contributed by atoms with Gasteiger partial charge in [0, 0.05) is 31.4 Å². The van der Waals surface area contributed by atoms with Crippen LogP contribution in [-0.4, -0.2) is 66.9 Å². The van der Waals surface area contributed by atoms with E-state index in [9.17, 15) is 4.79 Å². The summed E-state index contributed by atoms with van der Waals surface area (Å²) < 4.78 is 5.54. The maximum Gasteiger partial charge on any atom is 0.182 e. The Labute approximate surface area is 120 Å². The lowest BCUT2D eigenvalue weighted by Gasteiger charge is -2.36. The Morgan fingerprint density at radius 1 is 1.40 bits per heavy atom. The molecule has 2 rings (SSSR count). The van der Waals surface area contributed by atoms with Gasteiger partial charge in [0.25, 0.3) is 0 Å². The van der Waals surface area contributed by atoms with Gasteiger partial charge in [-0.2, -0.15) is 0 Å². The van der Waals surface area contributed by atoms with Gasteiger partial charge in [-0.15, -0.1) is 0 Å². The van der Waals surface area contributed by atoms with Crippen LogP contribution in [0.15, 0.2) is 18.5 Å². The molecule has 20 heavy (non-hydrogen) atoms. The molecule has 1 atom stereocenters. The highest BCUT2D eigenvalue weighted by molar-refractivity contribution is 6.00. The molecule has 1 fully saturated rings. The Morgan fingerprint density at radius 2 is 2.20 bits per heavy atom. The highest BCUT2D eigenvalue weighted by Crippen LogP contribution is 2.16. The smallest absolute Gasteiger partial charge is 0.182 e. The summed E-state index contributed by atoms with van der Waals surface area (Å²) in [6.07, 6.45) is 4.22. The van der Waals surface area contributed by atoms with Crippen molar-refractivity contribution < 1.29 is 9.53 Å². The van der Waals surface area contributed by atoms with E-state index in [1.54, 1.807) is 18.5 Å². The van der Waals surface area contributed by atoms with Crippen molar-refractivity contribution in [2.45, 2.75) is 19.4 Å². The molecule has 1 aliphatic rings. The number of rotatable bonds is 5. The van der Waals surface area contributed by atoms with Crippen molar-refractivity contribution >= 4 is 5.78 Å². The average Bonchev–Trinajstić information content (AvgIpc) is 2.47. The van der Waals surface area contributed by atoms with E-state index in [1.807, 2.05) is 14.1 Å². The van der Waals surface area contributed by atoms with Crippen molar-refractivity contribution in [2.24, 2.45) is 0 Å². The van der Waals surface area contributed by atoms with Crippen LogP contribution >= 0.6 is 0 Å². The molecule has 0 aromatic carbocycles. The van der Waals surface area contributed by atoms with E-state index in [0.29, 0.717) is 17.9 Å². The van der Waals surface area contributed by atoms with Crippen LogP contribution in [0.25, 0.3) is 0 Å². The molecular formula is C15H23N3O2. The van der Waals surface area contributed by atoms with E-state index in [0.717, 1.165) is 26.1 Å². The second-order valence-electron chi connectivity index (χ2n) is 5.38. The molecule has 1 unspecified atom stereocenters. The lowest BCUT2D eigenvalue weighted by molar-refractivity contribution is 0.0685. The van der Waals surface area contributed by atoms with Crippen LogP contribution < -0.4 is 4.74 Å². The highest BCUT2D eigenvalue weighted by atomic mass is 16.5. The summed E-state index contributed by atoms with van der Waals surface area (Å²) in [5.74, 6) is 0.790. The van der Waals surface area contributed by atoms with Crippen LogP contribution in [0.2, 0.25) is 0 Å². The number of nitrogens with zero attached hydrogens (tertiary/aromatic N) is 3. The lowest BCUT2D eigenvalue weighted by Crippen LogP contribution is -2.53. The Balaban J connectivity index is 2.11. The van der Waals surface area contributed by atoms with Crippen LogP contribution in [0.3, 0.4) is 0 Å². The molecule has 0 amide bonds. The van der Waals surface area contributed by atoms with E-state index in [2.05, 4.69) is 21.7 Å². The quantitative estimate of drug-likeness (QED) is 0.759. The van der Waals surface area contributed by atoms with Gasteiger partial charge in [0.1, 0.15) is 5.75 Å². The molecule has 0 aliphatic carbocycles. The van der Waals surface area contributed by atoms with Gasteiger partial charge in [0.15, 0.2) is 5.78 Å². The van der Waals surface area contributed by atoms with Crippen molar-refractivity contribution in [2.75, 3.05) is 40.3 Å². The highest BCUT2D eigenvalue weighted by Gasteiger charge is 2.29. The molecule has 0 bridgehead atoms. The third-order valence-electron chi connectivity index (χ3n) is 3.62. The number of ether oxygens (including phenoxy) is 1. The first kappa shape index (κ1) is 14.9. The normalized spacial score (nSPS) is 20.9. The van der Waals surface area contributed by atoms with E-state index in [4.69, 9.17) is 4.74 Å². The molecule has 1 aromatic rings. The van der Waals surface area contributed by atoms with Crippen LogP contribution in [0, 0.1) is 0 Å². The molecule has 2 heterocycles. The van der Waals surface area contributed by atoms with E-state index < -0.39 is 0 Å². The molecule has 1 aromatic heterocycles. The van der Waals surface area contributed by atoms with Gasteiger partial charge in [0.2, 0.25) is 0 Å². The van der Waals surface area contributed by atoms with Gasteiger partial charge in [-0.05, 0) is 26.6 Å². The first-order valence-corrected chi connectivity index (χ1v) is 7.12. The monoisotopic (exact) mass is 277 g/mol. The van der Waals surface area contributed by atoms with E-state index in [1.165, 1.54) is 0 Å². The van der Waals surface area contributed by atoms with Gasteiger partial charge in [-0.25, -0.2) is 0 Å². The Hall–Kier alpha value is -1.46. The zero-order valence-corrected chi connectivity index (χ0v) is 12.5. The van der Waals surface area contributed by atoms with Crippen molar-refractivity contribution in [3.63, 3.8) is 0 Å². The van der Waals surface area contributed by atoms with Crippen molar-refractivity contribution in [1.29, 1.82) is 0 Å². The fourth-order valence-electron chi connectivity index (χ4n) is 2.34. The first-order chi connectivity index (χ1) is 9.61. The predicted octanol–water partition coefficient (Wildman–Crippen LogP) is 1.30. The van der Waals surface area contributed by atoms with E-state index in [-0.39, 0.29) is 11.8 Å². The standard InChI is InChI=1S/C15H23N3O2/c1-4-7-20-13-8-12(9-16-10-13)15(19)14-11-17(2)5-6-18(14)3/h8-10,14H,4-7,11H2,1-3H3. The fourth-order valence-corrected chi connectivity index (χ4v) is 2.34. The van der Waals surface area contributed by atoms with Gasteiger partial charge in [-0.1, -0.05) is 6.92 Å². The molecular weight excluding hydrogens is 254 g/mol. The fraction of sp³-hybridized carbons (Fsp3) is 0.600. The molecule has 110 valence electrons. The molecule has 1 saturated heterocycles. The number of carbonyl (C=O) groups is 1. The predicted molar refractivity (Wildman–Crippen MR) is 78.3 cm³/mol. The number of likely N-dealkylation sites (N-methyl/N-ethyl adjacent to an activating group) is 2. The molecule has 5 nitrogen and oxygen atoms in total. The number of carbonyl (C=O) groups excluding carboxylic acids is 1. The Bertz CT molecular complexity index is 464. The molecule has 0 spiro atoms. The maximum atomic E-state index is 12.6. The minimum Gasteiger partial charge on any atom is -0.492 e. The zero-order valence-electron chi connectivity index (χ0n) is 12.5. The number of pyridine rings is 1. The van der Waals surface area contributed by atoms with Gasteiger partial charge in [-0.3, -0.25) is 14.7 Å². The summed E-state index contributed by atoms with van der Waals surface area (Å²) in [4.78, 5) is 21.0. The molecule has 5 heteroatoms. The second-order valence-corrected chi connectivity index (χ2v) is 5.38. The summed E-state index contributed by atoms with van der Waals surface area (Å²) in [6, 6.07) is 1.70. The van der Waals surface area contributed by atoms with Crippen molar-refractivity contribution in [3.8, 4) is 5.75 Å². The molecule has 0 N–H and O–H groups in total. The number of hydrogen-bond donors (Lipinski definition) is 0. The molecule has 0 radical (unpaired) electrons. The number of aromatic nitrogens is 1. The topological polar surface area (TPSA) is 45.7 Å². The lowest BCUT2D eigenvalue weighted by atomic mass is 10.0. The van der Waals surface area contributed by atoms with Gasteiger partial charge in [0.05, 0.1) is 18.8 Å². The second kappa shape index (κ2) is 6.81. The van der Waals surface area contributed by atoms with Gasteiger partial charge < -0.3 is 9.64 Å². The largest absolute Gasteiger partial charge is 0.492 e. The summed E-state index contributed by atoms with van der Waals surface area (Å²) in [5.41, 5.74) is 0.630.